The molecule has 0 aliphatic rings. The van der Waals surface area contributed by atoms with E-state index in [0.717, 1.165) is 11.3 Å². The van der Waals surface area contributed by atoms with Crippen molar-refractivity contribution in [1.82, 2.24) is 9.78 Å². The van der Waals surface area contributed by atoms with Gasteiger partial charge in [0.25, 0.3) is 5.91 Å². The Morgan fingerprint density at radius 2 is 1.96 bits per heavy atom. The van der Waals surface area contributed by atoms with E-state index in [1.54, 1.807) is 29.8 Å². The molecule has 0 aliphatic carbocycles. The summed E-state index contributed by atoms with van der Waals surface area (Å²) in [6.45, 7) is 4.05. The molecule has 1 amide bonds. The number of hydrogen-bond acceptors (Lipinski definition) is 2. The van der Waals surface area contributed by atoms with Crippen LogP contribution in [0, 0.1) is 19.7 Å². The Kier molecular flexibility index (Phi) is 5.30. The number of rotatable bonds is 4. The number of aromatic nitrogens is 2. The maximum atomic E-state index is 13.4. The second kappa shape index (κ2) is 7.48. The number of nitrogens with one attached hydrogen (secondary N) is 1. The maximum Gasteiger partial charge on any atom is 0.257 e. The minimum atomic E-state index is -0.344. The lowest BCUT2D eigenvalue weighted by Crippen LogP contribution is -2.14. The fourth-order valence-corrected chi connectivity index (χ4v) is 3.19. The van der Waals surface area contributed by atoms with Crippen LogP contribution in [-0.2, 0) is 6.54 Å². The van der Waals surface area contributed by atoms with Crippen LogP contribution >= 0.6 is 23.2 Å². The maximum absolute atomic E-state index is 13.4. The SMILES string of the molecule is Cc1nn(Cc2cccc(F)c2)c(C)c1NC(=O)c1ccc(Cl)cc1Cl. The summed E-state index contributed by atoms with van der Waals surface area (Å²) < 4.78 is 15.1. The van der Waals surface area contributed by atoms with Gasteiger partial charge in [-0.15, -0.1) is 0 Å². The summed E-state index contributed by atoms with van der Waals surface area (Å²) in [5.41, 5.74) is 3.15. The molecule has 0 radical (unpaired) electrons. The smallest absolute Gasteiger partial charge is 0.257 e. The molecule has 134 valence electrons. The van der Waals surface area contributed by atoms with Crippen molar-refractivity contribution in [2.45, 2.75) is 20.4 Å². The largest absolute Gasteiger partial charge is 0.319 e. The number of carbonyl (C=O) groups is 1. The highest BCUT2D eigenvalue weighted by molar-refractivity contribution is 6.37. The first-order chi connectivity index (χ1) is 12.3. The van der Waals surface area contributed by atoms with Crippen molar-refractivity contribution in [2.24, 2.45) is 0 Å². The molecule has 0 aliphatic heterocycles. The second-order valence-corrected chi connectivity index (χ2v) is 6.76. The predicted molar refractivity (Wildman–Crippen MR) is 102 cm³/mol. The number of carbonyl (C=O) groups excluding carboxylic acids is 1. The molecule has 1 heterocycles. The molecule has 7 heteroatoms. The molecule has 4 nitrogen and oxygen atoms in total. The molecule has 0 saturated heterocycles. The summed E-state index contributed by atoms with van der Waals surface area (Å²) in [5.74, 6) is -0.641. The highest BCUT2D eigenvalue weighted by atomic mass is 35.5. The summed E-state index contributed by atoms with van der Waals surface area (Å²) in [4.78, 5) is 12.5. The summed E-state index contributed by atoms with van der Waals surface area (Å²) in [6, 6.07) is 11.0. The lowest BCUT2D eigenvalue weighted by atomic mass is 10.2. The summed E-state index contributed by atoms with van der Waals surface area (Å²) in [6.07, 6.45) is 0. The molecule has 0 bridgehead atoms. The van der Waals surface area contributed by atoms with Gasteiger partial charge >= 0.3 is 0 Å². The van der Waals surface area contributed by atoms with Crippen LogP contribution in [0.25, 0.3) is 0 Å². The van der Waals surface area contributed by atoms with E-state index in [1.807, 2.05) is 13.0 Å². The number of anilines is 1. The van der Waals surface area contributed by atoms with E-state index >= 15 is 0 Å². The number of nitrogens with zero attached hydrogens (tertiary/aromatic N) is 2. The highest BCUT2D eigenvalue weighted by Crippen LogP contribution is 2.25. The molecule has 3 rings (SSSR count). The van der Waals surface area contributed by atoms with Crippen molar-refractivity contribution in [1.29, 1.82) is 0 Å². The van der Waals surface area contributed by atoms with Crippen LogP contribution < -0.4 is 5.32 Å². The van der Waals surface area contributed by atoms with Crippen molar-refractivity contribution >= 4 is 34.8 Å². The van der Waals surface area contributed by atoms with Gasteiger partial charge < -0.3 is 5.32 Å². The lowest BCUT2D eigenvalue weighted by molar-refractivity contribution is 0.102. The van der Waals surface area contributed by atoms with E-state index in [0.29, 0.717) is 28.5 Å². The summed E-state index contributed by atoms with van der Waals surface area (Å²) >= 11 is 12.0. The summed E-state index contributed by atoms with van der Waals surface area (Å²) in [5, 5.41) is 8.03. The molecule has 1 aromatic heterocycles. The van der Waals surface area contributed by atoms with Gasteiger partial charge in [0.15, 0.2) is 0 Å². The Bertz CT molecular complexity index is 985. The molecule has 0 spiro atoms. The van der Waals surface area contributed by atoms with Crippen molar-refractivity contribution in [3.8, 4) is 0 Å². The number of benzene rings is 2. The van der Waals surface area contributed by atoms with Crippen molar-refractivity contribution in [3.63, 3.8) is 0 Å². The first-order valence-corrected chi connectivity index (χ1v) is 8.65. The Morgan fingerprint density at radius 1 is 1.19 bits per heavy atom. The average Bonchev–Trinajstić information content (AvgIpc) is 2.82. The van der Waals surface area contributed by atoms with Gasteiger partial charge in [0.2, 0.25) is 0 Å². The third kappa shape index (κ3) is 3.89. The van der Waals surface area contributed by atoms with Gasteiger partial charge in [-0.1, -0.05) is 35.3 Å². The normalized spacial score (nSPS) is 10.8. The first kappa shape index (κ1) is 18.4. The van der Waals surface area contributed by atoms with Crippen molar-refractivity contribution in [3.05, 3.63) is 80.8 Å². The predicted octanol–water partition coefficient (Wildman–Crippen LogP) is 5.25. The Morgan fingerprint density at radius 3 is 2.65 bits per heavy atom. The molecule has 1 N–H and O–H groups in total. The fraction of sp³-hybridized carbons (Fsp3) is 0.158. The minimum absolute atomic E-state index is 0.275. The average molecular weight is 392 g/mol. The van der Waals surface area contributed by atoms with E-state index in [-0.39, 0.29) is 16.7 Å². The lowest BCUT2D eigenvalue weighted by Gasteiger charge is -2.09. The number of aryl methyl sites for hydroxylation is 1. The molecule has 3 aromatic rings. The quantitative estimate of drug-likeness (QED) is 0.660. The zero-order valence-electron chi connectivity index (χ0n) is 14.2. The van der Waals surface area contributed by atoms with Gasteiger partial charge in [-0.25, -0.2) is 4.39 Å². The molecule has 26 heavy (non-hydrogen) atoms. The molecular formula is C19H16Cl2FN3O. The van der Waals surface area contributed by atoms with E-state index < -0.39 is 0 Å². The van der Waals surface area contributed by atoms with Gasteiger partial charge in [0.1, 0.15) is 5.82 Å². The van der Waals surface area contributed by atoms with Crippen LogP contribution in [0.3, 0.4) is 0 Å². The zero-order chi connectivity index (χ0) is 18.8. The van der Waals surface area contributed by atoms with E-state index in [4.69, 9.17) is 23.2 Å². The van der Waals surface area contributed by atoms with E-state index in [2.05, 4.69) is 10.4 Å². The van der Waals surface area contributed by atoms with Gasteiger partial charge in [0.05, 0.1) is 34.2 Å². The third-order valence-corrected chi connectivity index (χ3v) is 4.56. The van der Waals surface area contributed by atoms with Crippen LogP contribution in [0.1, 0.15) is 27.3 Å². The van der Waals surface area contributed by atoms with Crippen molar-refractivity contribution in [2.75, 3.05) is 5.32 Å². The fourth-order valence-electron chi connectivity index (χ4n) is 2.69. The Labute approximate surface area is 160 Å². The minimum Gasteiger partial charge on any atom is -0.319 e. The van der Waals surface area contributed by atoms with Crippen molar-refractivity contribution < 1.29 is 9.18 Å². The Hall–Kier alpha value is -2.37. The molecule has 0 saturated carbocycles. The molecular weight excluding hydrogens is 376 g/mol. The van der Waals surface area contributed by atoms with Gasteiger partial charge in [0, 0.05) is 5.02 Å². The topological polar surface area (TPSA) is 46.9 Å². The van der Waals surface area contributed by atoms with Gasteiger partial charge in [-0.3, -0.25) is 9.48 Å². The molecule has 0 atom stereocenters. The van der Waals surface area contributed by atoms with Crippen LogP contribution in [0.4, 0.5) is 10.1 Å². The second-order valence-electron chi connectivity index (χ2n) is 5.91. The van der Waals surface area contributed by atoms with Crippen LogP contribution in [0.5, 0.6) is 0 Å². The number of amides is 1. The summed E-state index contributed by atoms with van der Waals surface area (Å²) in [7, 11) is 0. The highest BCUT2D eigenvalue weighted by Gasteiger charge is 2.17. The number of hydrogen-bond donors (Lipinski definition) is 1. The molecule has 0 fully saturated rings. The first-order valence-electron chi connectivity index (χ1n) is 7.90. The van der Waals surface area contributed by atoms with Gasteiger partial charge in [-0.05, 0) is 49.7 Å². The third-order valence-electron chi connectivity index (χ3n) is 4.02. The standard InChI is InChI=1S/C19H16Cl2FN3O/c1-11-18(23-19(26)16-7-6-14(20)9-17(16)21)12(2)25(24-11)10-13-4-3-5-15(22)8-13/h3-9H,10H2,1-2H3,(H,23,26). The van der Waals surface area contributed by atoms with Crippen LogP contribution in [0.15, 0.2) is 42.5 Å². The Balaban J connectivity index is 1.85. The van der Waals surface area contributed by atoms with E-state index in [1.165, 1.54) is 18.2 Å². The van der Waals surface area contributed by atoms with Gasteiger partial charge in [-0.2, -0.15) is 5.10 Å². The number of halogens is 3. The monoisotopic (exact) mass is 391 g/mol. The molecule has 0 unspecified atom stereocenters. The molecule has 2 aromatic carbocycles. The van der Waals surface area contributed by atoms with E-state index in [9.17, 15) is 9.18 Å². The van der Waals surface area contributed by atoms with Crippen LogP contribution in [0.2, 0.25) is 10.0 Å². The zero-order valence-corrected chi connectivity index (χ0v) is 15.7. The van der Waals surface area contributed by atoms with Crippen LogP contribution in [-0.4, -0.2) is 15.7 Å².